The van der Waals surface area contributed by atoms with Gasteiger partial charge in [0, 0.05) is 26.3 Å². The molecule has 1 saturated heterocycles. The summed E-state index contributed by atoms with van der Waals surface area (Å²) in [5.41, 5.74) is -0.394. The molecule has 0 radical (unpaired) electrons. The van der Waals surface area contributed by atoms with Crippen LogP contribution in [0, 0.1) is 5.41 Å². The predicted molar refractivity (Wildman–Crippen MR) is 104 cm³/mol. The molecule has 2 heterocycles. The standard InChI is InChI=1S/C17H23F3N4O.HI/c1-21-15(24-10-7-16(12-24)5-3-6-16)23-9-11-25-14-13(17(18,19)20)4-2-8-22-14;/h2,4,8H,3,5-7,9-12H2,1H3,(H,21,23);1H. The molecule has 146 valence electrons. The molecule has 0 atom stereocenters. The molecule has 0 bridgehead atoms. The molecule has 26 heavy (non-hydrogen) atoms. The first-order valence-corrected chi connectivity index (χ1v) is 8.54. The molecule has 9 heteroatoms. The summed E-state index contributed by atoms with van der Waals surface area (Å²) in [5, 5.41) is 3.17. The zero-order valence-corrected chi connectivity index (χ0v) is 17.0. The Labute approximate surface area is 168 Å². The number of likely N-dealkylation sites (tertiary alicyclic amines) is 1. The van der Waals surface area contributed by atoms with Gasteiger partial charge in [0.15, 0.2) is 5.96 Å². The molecule has 1 spiro atoms. The van der Waals surface area contributed by atoms with Crippen molar-refractivity contribution in [2.75, 3.05) is 33.3 Å². The first-order valence-electron chi connectivity index (χ1n) is 8.54. The third-order valence-electron chi connectivity index (χ3n) is 5.06. The van der Waals surface area contributed by atoms with Crippen molar-refractivity contribution in [3.8, 4) is 5.88 Å². The lowest BCUT2D eigenvalue weighted by atomic mass is 9.68. The van der Waals surface area contributed by atoms with Crippen LogP contribution >= 0.6 is 24.0 Å². The fourth-order valence-electron chi connectivity index (χ4n) is 3.57. The lowest BCUT2D eigenvalue weighted by Crippen LogP contribution is -2.43. The Bertz CT molecular complexity index is 635. The summed E-state index contributed by atoms with van der Waals surface area (Å²) >= 11 is 0. The lowest BCUT2D eigenvalue weighted by Gasteiger charge is -2.38. The molecule has 2 aliphatic rings. The molecule has 1 aliphatic carbocycles. The molecule has 1 aromatic heterocycles. The van der Waals surface area contributed by atoms with E-state index in [1.807, 2.05) is 0 Å². The maximum Gasteiger partial charge on any atom is 0.421 e. The summed E-state index contributed by atoms with van der Waals surface area (Å²) in [6.07, 6.45) is 1.87. The molecule has 1 N–H and O–H groups in total. The Morgan fingerprint density at radius 2 is 2.15 bits per heavy atom. The number of alkyl halides is 3. The van der Waals surface area contributed by atoms with Gasteiger partial charge in [0.2, 0.25) is 5.88 Å². The maximum absolute atomic E-state index is 12.9. The van der Waals surface area contributed by atoms with E-state index in [-0.39, 0.29) is 36.5 Å². The molecule has 2 fully saturated rings. The first kappa shape index (κ1) is 21.0. The number of nitrogens with one attached hydrogen (secondary N) is 1. The molecule has 1 aromatic rings. The van der Waals surface area contributed by atoms with Crippen LogP contribution < -0.4 is 10.1 Å². The second-order valence-electron chi connectivity index (χ2n) is 6.70. The van der Waals surface area contributed by atoms with Crippen LogP contribution in [0.4, 0.5) is 13.2 Å². The van der Waals surface area contributed by atoms with E-state index in [9.17, 15) is 13.2 Å². The van der Waals surface area contributed by atoms with Gasteiger partial charge in [0.1, 0.15) is 12.2 Å². The van der Waals surface area contributed by atoms with Crippen molar-refractivity contribution in [1.29, 1.82) is 0 Å². The Kier molecular flexibility index (Phi) is 6.98. The number of rotatable bonds is 4. The predicted octanol–water partition coefficient (Wildman–Crippen LogP) is 3.55. The SMILES string of the molecule is CN=C(NCCOc1ncccc1C(F)(F)F)N1CCC2(CCC2)C1.I. The van der Waals surface area contributed by atoms with Crippen LogP contribution in [-0.2, 0) is 6.18 Å². The van der Waals surface area contributed by atoms with Gasteiger partial charge < -0.3 is 15.0 Å². The van der Waals surface area contributed by atoms with Crippen molar-refractivity contribution in [2.24, 2.45) is 10.4 Å². The summed E-state index contributed by atoms with van der Waals surface area (Å²) in [6.45, 7) is 2.42. The fraction of sp³-hybridized carbons (Fsp3) is 0.647. The van der Waals surface area contributed by atoms with Crippen LogP contribution in [-0.4, -0.2) is 49.1 Å². The van der Waals surface area contributed by atoms with Gasteiger partial charge in [0.25, 0.3) is 0 Å². The summed E-state index contributed by atoms with van der Waals surface area (Å²) in [6, 6.07) is 2.22. The van der Waals surface area contributed by atoms with Crippen molar-refractivity contribution >= 4 is 29.9 Å². The third-order valence-corrected chi connectivity index (χ3v) is 5.06. The highest BCUT2D eigenvalue weighted by molar-refractivity contribution is 14.0. The summed E-state index contributed by atoms with van der Waals surface area (Å²) in [5.74, 6) is 0.394. The largest absolute Gasteiger partial charge is 0.475 e. The van der Waals surface area contributed by atoms with Crippen LogP contribution in [0.2, 0.25) is 0 Å². The lowest BCUT2D eigenvalue weighted by molar-refractivity contribution is -0.139. The van der Waals surface area contributed by atoms with Crippen LogP contribution in [0.15, 0.2) is 23.3 Å². The van der Waals surface area contributed by atoms with E-state index in [0.29, 0.717) is 12.0 Å². The number of ether oxygens (including phenoxy) is 1. The van der Waals surface area contributed by atoms with Crippen LogP contribution in [0.5, 0.6) is 5.88 Å². The zero-order chi connectivity index (χ0) is 17.9. The second kappa shape index (κ2) is 8.62. The number of aliphatic imine (C=N–C) groups is 1. The number of nitrogens with zero attached hydrogens (tertiary/aromatic N) is 3. The van der Waals surface area contributed by atoms with Gasteiger partial charge in [-0.25, -0.2) is 4.98 Å². The first-order chi connectivity index (χ1) is 11.9. The van der Waals surface area contributed by atoms with Crippen LogP contribution in [0.25, 0.3) is 0 Å². The van der Waals surface area contributed by atoms with E-state index in [2.05, 4.69) is 20.2 Å². The van der Waals surface area contributed by atoms with Crippen molar-refractivity contribution < 1.29 is 17.9 Å². The molecular weight excluding hydrogens is 460 g/mol. The molecule has 3 rings (SSSR count). The molecule has 0 amide bonds. The zero-order valence-electron chi connectivity index (χ0n) is 14.7. The Morgan fingerprint density at radius 3 is 2.73 bits per heavy atom. The molecule has 1 aliphatic heterocycles. The molecular formula is C17H24F3IN4O. The van der Waals surface area contributed by atoms with Crippen molar-refractivity contribution in [2.45, 2.75) is 31.9 Å². The minimum Gasteiger partial charge on any atom is -0.475 e. The maximum atomic E-state index is 12.9. The van der Waals surface area contributed by atoms with Crippen molar-refractivity contribution in [1.82, 2.24) is 15.2 Å². The number of guanidine groups is 1. The number of hydrogen-bond acceptors (Lipinski definition) is 3. The van der Waals surface area contributed by atoms with E-state index >= 15 is 0 Å². The normalized spacial score (nSPS) is 19.1. The van der Waals surface area contributed by atoms with E-state index in [1.54, 1.807) is 7.05 Å². The van der Waals surface area contributed by atoms with Crippen LogP contribution in [0.3, 0.4) is 0 Å². The topological polar surface area (TPSA) is 49.8 Å². The van der Waals surface area contributed by atoms with E-state index < -0.39 is 11.7 Å². The van der Waals surface area contributed by atoms with Gasteiger partial charge in [0.05, 0.1) is 6.54 Å². The number of hydrogen-bond donors (Lipinski definition) is 1. The smallest absolute Gasteiger partial charge is 0.421 e. The van der Waals surface area contributed by atoms with Gasteiger partial charge >= 0.3 is 6.18 Å². The van der Waals surface area contributed by atoms with E-state index in [0.717, 1.165) is 25.1 Å². The Hall–Kier alpha value is -1.26. The van der Waals surface area contributed by atoms with Crippen molar-refractivity contribution in [3.05, 3.63) is 23.9 Å². The average molecular weight is 484 g/mol. The molecule has 0 unspecified atom stereocenters. The second-order valence-corrected chi connectivity index (χ2v) is 6.70. The molecule has 0 aromatic carbocycles. The van der Waals surface area contributed by atoms with E-state index in [1.165, 1.54) is 37.9 Å². The Morgan fingerprint density at radius 1 is 1.38 bits per heavy atom. The van der Waals surface area contributed by atoms with Crippen molar-refractivity contribution in [3.63, 3.8) is 0 Å². The number of aromatic nitrogens is 1. The average Bonchev–Trinajstić information content (AvgIpc) is 3.00. The minimum atomic E-state index is -4.47. The van der Waals surface area contributed by atoms with Gasteiger partial charge in [-0.1, -0.05) is 6.42 Å². The van der Waals surface area contributed by atoms with Crippen LogP contribution in [0.1, 0.15) is 31.2 Å². The summed E-state index contributed by atoms with van der Waals surface area (Å²) < 4.78 is 43.9. The minimum absolute atomic E-state index is 0. The Balaban J connectivity index is 0.00000243. The number of pyridine rings is 1. The quantitative estimate of drug-likeness (QED) is 0.308. The summed E-state index contributed by atoms with van der Waals surface area (Å²) in [4.78, 5) is 10.2. The highest BCUT2D eigenvalue weighted by Crippen LogP contribution is 2.47. The fourth-order valence-corrected chi connectivity index (χ4v) is 3.57. The van der Waals surface area contributed by atoms with Gasteiger partial charge in [-0.15, -0.1) is 24.0 Å². The third kappa shape index (κ3) is 4.72. The molecule has 5 nitrogen and oxygen atoms in total. The molecule has 1 saturated carbocycles. The highest BCUT2D eigenvalue weighted by atomic mass is 127. The van der Waals surface area contributed by atoms with E-state index in [4.69, 9.17) is 4.74 Å². The number of halogens is 4. The summed E-state index contributed by atoms with van der Waals surface area (Å²) in [7, 11) is 1.72. The highest BCUT2D eigenvalue weighted by Gasteiger charge is 2.43. The van der Waals surface area contributed by atoms with Gasteiger partial charge in [-0.2, -0.15) is 13.2 Å². The van der Waals surface area contributed by atoms with Gasteiger partial charge in [-0.05, 0) is 36.8 Å². The monoisotopic (exact) mass is 484 g/mol. The van der Waals surface area contributed by atoms with Gasteiger partial charge in [-0.3, -0.25) is 4.99 Å².